The molecule has 0 aliphatic heterocycles. The molecule has 3 rings (SSSR count). The summed E-state index contributed by atoms with van der Waals surface area (Å²) in [7, 11) is 0. The molecule has 1 aromatic heterocycles. The molecule has 0 unspecified atom stereocenters. The first kappa shape index (κ1) is 21.8. The third-order valence-corrected chi connectivity index (χ3v) is 4.17. The van der Waals surface area contributed by atoms with Crippen molar-refractivity contribution in [1.82, 2.24) is 4.90 Å². The number of hydrogen-bond donors (Lipinski definition) is 1. The van der Waals surface area contributed by atoms with Gasteiger partial charge in [0.1, 0.15) is 18.1 Å². The maximum absolute atomic E-state index is 12.8. The molecule has 1 N–H and O–H groups in total. The van der Waals surface area contributed by atoms with Crippen LogP contribution in [0.15, 0.2) is 83.5 Å². The molecule has 0 bridgehead atoms. The molecule has 160 valence electrons. The lowest BCUT2D eigenvalue weighted by Crippen LogP contribution is -2.36. The van der Waals surface area contributed by atoms with Crippen LogP contribution in [0, 0.1) is 0 Å². The van der Waals surface area contributed by atoms with Gasteiger partial charge >= 0.3 is 6.61 Å². The molecule has 2 amide bonds. The highest BCUT2D eigenvalue weighted by atomic mass is 19.3. The molecular weight excluding hydrogens is 406 g/mol. The quantitative estimate of drug-likeness (QED) is 0.509. The van der Waals surface area contributed by atoms with E-state index in [1.54, 1.807) is 54.6 Å². The number of hydrogen-bond acceptors (Lipinski definition) is 4. The number of furan rings is 1. The predicted molar refractivity (Wildman–Crippen MR) is 111 cm³/mol. The van der Waals surface area contributed by atoms with E-state index in [1.807, 2.05) is 6.07 Å². The van der Waals surface area contributed by atoms with Crippen LogP contribution in [0.5, 0.6) is 5.75 Å². The number of rotatable bonds is 9. The number of anilines is 1. The number of alkyl halides is 2. The summed E-state index contributed by atoms with van der Waals surface area (Å²) in [6.07, 6.45) is 4.03. The topological polar surface area (TPSA) is 71.8 Å². The summed E-state index contributed by atoms with van der Waals surface area (Å²) in [5.41, 5.74) is 0.911. The van der Waals surface area contributed by atoms with Gasteiger partial charge in [0.05, 0.1) is 12.8 Å². The Bertz CT molecular complexity index is 1020. The Morgan fingerprint density at radius 2 is 1.77 bits per heavy atom. The normalized spacial score (nSPS) is 10.9. The Labute approximate surface area is 177 Å². The van der Waals surface area contributed by atoms with Gasteiger partial charge in [0.25, 0.3) is 0 Å². The molecular formula is C23H20F2N2O4. The molecule has 0 aliphatic rings. The Balaban J connectivity index is 1.73. The van der Waals surface area contributed by atoms with Crippen molar-refractivity contribution in [3.05, 3.63) is 90.4 Å². The minimum atomic E-state index is -2.98. The van der Waals surface area contributed by atoms with Crippen LogP contribution in [0.1, 0.15) is 11.3 Å². The zero-order valence-corrected chi connectivity index (χ0v) is 16.4. The molecule has 0 saturated carbocycles. The van der Waals surface area contributed by atoms with Crippen LogP contribution in [0.25, 0.3) is 6.08 Å². The van der Waals surface area contributed by atoms with Crippen molar-refractivity contribution in [2.45, 2.75) is 13.2 Å². The molecule has 1 heterocycles. The SMILES string of the molecule is O=C(CN(Cc1ccco1)C(=O)/C=C/c1ccccc1OC(F)F)Nc1ccccc1. The average Bonchev–Trinajstić information content (AvgIpc) is 3.26. The molecule has 31 heavy (non-hydrogen) atoms. The zero-order valence-electron chi connectivity index (χ0n) is 16.4. The molecule has 0 fully saturated rings. The van der Waals surface area contributed by atoms with E-state index < -0.39 is 12.5 Å². The van der Waals surface area contributed by atoms with Gasteiger partial charge in [-0.2, -0.15) is 8.78 Å². The Morgan fingerprint density at radius 1 is 1.03 bits per heavy atom. The average molecular weight is 426 g/mol. The summed E-state index contributed by atoms with van der Waals surface area (Å²) >= 11 is 0. The molecule has 0 saturated heterocycles. The zero-order chi connectivity index (χ0) is 22.1. The Morgan fingerprint density at radius 3 is 2.48 bits per heavy atom. The van der Waals surface area contributed by atoms with Gasteiger partial charge in [-0.1, -0.05) is 36.4 Å². The van der Waals surface area contributed by atoms with E-state index in [-0.39, 0.29) is 24.7 Å². The molecule has 2 aromatic carbocycles. The van der Waals surface area contributed by atoms with Gasteiger partial charge in [0.2, 0.25) is 11.8 Å². The fraction of sp³-hybridized carbons (Fsp3) is 0.130. The predicted octanol–water partition coefficient (Wildman–Crippen LogP) is 4.56. The van der Waals surface area contributed by atoms with E-state index in [0.29, 0.717) is 17.0 Å². The van der Waals surface area contributed by atoms with E-state index in [1.165, 1.54) is 29.4 Å². The van der Waals surface area contributed by atoms with Crippen LogP contribution in [-0.2, 0) is 16.1 Å². The van der Waals surface area contributed by atoms with Gasteiger partial charge < -0.3 is 19.4 Å². The second-order valence-corrected chi connectivity index (χ2v) is 6.44. The maximum Gasteiger partial charge on any atom is 0.387 e. The van der Waals surface area contributed by atoms with Crippen molar-refractivity contribution < 1.29 is 27.5 Å². The van der Waals surface area contributed by atoms with Crippen LogP contribution in [0.2, 0.25) is 0 Å². The van der Waals surface area contributed by atoms with E-state index >= 15 is 0 Å². The summed E-state index contributed by atoms with van der Waals surface area (Å²) in [5.74, 6) is -0.441. The van der Waals surface area contributed by atoms with Crippen molar-refractivity contribution in [3.8, 4) is 5.75 Å². The number of amides is 2. The van der Waals surface area contributed by atoms with E-state index in [4.69, 9.17) is 4.42 Å². The summed E-state index contributed by atoms with van der Waals surface area (Å²) < 4.78 is 34.9. The van der Waals surface area contributed by atoms with Gasteiger partial charge in [-0.15, -0.1) is 0 Å². The smallest absolute Gasteiger partial charge is 0.387 e. The first-order valence-electron chi connectivity index (χ1n) is 9.39. The van der Waals surface area contributed by atoms with Gasteiger partial charge in [-0.3, -0.25) is 9.59 Å². The van der Waals surface area contributed by atoms with Crippen LogP contribution >= 0.6 is 0 Å². The van der Waals surface area contributed by atoms with E-state index in [0.717, 1.165) is 0 Å². The summed E-state index contributed by atoms with van der Waals surface area (Å²) in [6.45, 7) is -3.15. The number of benzene rings is 2. The summed E-state index contributed by atoms with van der Waals surface area (Å²) in [5, 5.41) is 2.72. The minimum Gasteiger partial charge on any atom is -0.467 e. The third-order valence-electron chi connectivity index (χ3n) is 4.17. The number of carbonyl (C=O) groups is 2. The lowest BCUT2D eigenvalue weighted by molar-refractivity contribution is -0.131. The molecule has 0 radical (unpaired) electrons. The fourth-order valence-corrected chi connectivity index (χ4v) is 2.79. The Hall–Kier alpha value is -3.94. The number of halogens is 2. The lowest BCUT2D eigenvalue weighted by Gasteiger charge is -2.19. The fourth-order valence-electron chi connectivity index (χ4n) is 2.79. The third kappa shape index (κ3) is 6.81. The molecule has 6 nitrogen and oxygen atoms in total. The van der Waals surface area contributed by atoms with Crippen LogP contribution < -0.4 is 10.1 Å². The Kier molecular flexibility index (Phi) is 7.53. The number of para-hydroxylation sites is 2. The lowest BCUT2D eigenvalue weighted by atomic mass is 10.2. The van der Waals surface area contributed by atoms with Crippen LogP contribution in [0.3, 0.4) is 0 Å². The second kappa shape index (κ2) is 10.7. The highest BCUT2D eigenvalue weighted by molar-refractivity contribution is 5.98. The highest BCUT2D eigenvalue weighted by Crippen LogP contribution is 2.21. The van der Waals surface area contributed by atoms with Gasteiger partial charge in [0, 0.05) is 17.3 Å². The van der Waals surface area contributed by atoms with Gasteiger partial charge in [0.15, 0.2) is 0 Å². The molecule has 0 aliphatic carbocycles. The van der Waals surface area contributed by atoms with Crippen LogP contribution in [0.4, 0.5) is 14.5 Å². The van der Waals surface area contributed by atoms with Crippen molar-refractivity contribution in [2.75, 3.05) is 11.9 Å². The maximum atomic E-state index is 12.8. The molecule has 3 aromatic rings. The van der Waals surface area contributed by atoms with Gasteiger partial charge in [-0.25, -0.2) is 0 Å². The van der Waals surface area contributed by atoms with Crippen molar-refractivity contribution in [1.29, 1.82) is 0 Å². The van der Waals surface area contributed by atoms with Crippen LogP contribution in [-0.4, -0.2) is 29.9 Å². The highest BCUT2D eigenvalue weighted by Gasteiger charge is 2.17. The first-order chi connectivity index (χ1) is 15.0. The minimum absolute atomic E-state index is 0.0547. The van der Waals surface area contributed by atoms with Crippen molar-refractivity contribution in [3.63, 3.8) is 0 Å². The second-order valence-electron chi connectivity index (χ2n) is 6.44. The summed E-state index contributed by atoms with van der Waals surface area (Å²) in [4.78, 5) is 26.5. The number of carbonyl (C=O) groups excluding carboxylic acids is 2. The van der Waals surface area contributed by atoms with E-state index in [2.05, 4.69) is 10.1 Å². The van der Waals surface area contributed by atoms with Crippen molar-refractivity contribution >= 4 is 23.6 Å². The number of nitrogens with one attached hydrogen (secondary N) is 1. The molecule has 8 heteroatoms. The first-order valence-corrected chi connectivity index (χ1v) is 9.39. The summed E-state index contributed by atoms with van der Waals surface area (Å²) in [6, 6.07) is 18.3. The number of nitrogens with zero attached hydrogens (tertiary/aromatic N) is 1. The number of ether oxygens (including phenoxy) is 1. The van der Waals surface area contributed by atoms with Crippen molar-refractivity contribution in [2.24, 2.45) is 0 Å². The largest absolute Gasteiger partial charge is 0.467 e. The molecule has 0 spiro atoms. The van der Waals surface area contributed by atoms with Gasteiger partial charge in [-0.05, 0) is 36.4 Å². The standard InChI is InChI=1S/C23H20F2N2O4/c24-23(25)31-20-11-5-4-7-17(20)12-13-22(29)27(15-19-10-6-14-30-19)16-21(28)26-18-8-2-1-3-9-18/h1-14,23H,15-16H2,(H,26,28)/b13-12+. The monoisotopic (exact) mass is 426 g/mol. The van der Waals surface area contributed by atoms with E-state index in [9.17, 15) is 18.4 Å². The molecule has 0 atom stereocenters.